The molecule has 0 aromatic heterocycles. The second-order valence-electron chi connectivity index (χ2n) is 7.09. The Morgan fingerprint density at radius 2 is 1.93 bits per heavy atom. The number of hydrogen-bond donors (Lipinski definition) is 2. The molecule has 7 heteroatoms. The number of benzene rings is 1. The fourth-order valence-electron chi connectivity index (χ4n) is 3.19. The van der Waals surface area contributed by atoms with E-state index in [9.17, 15) is 14.9 Å². The zero-order valence-corrected chi connectivity index (χ0v) is 17.4. The summed E-state index contributed by atoms with van der Waals surface area (Å²) < 4.78 is 5.01. The van der Waals surface area contributed by atoms with Crippen LogP contribution in [-0.2, 0) is 16.0 Å². The van der Waals surface area contributed by atoms with E-state index >= 15 is 0 Å². The SMILES string of the molecule is CCOC(=O)N1CCC(N/C=C(/C#N)C(=O)NC(C)c2ccc(CC)cc2)CC1. The van der Waals surface area contributed by atoms with Crippen molar-refractivity contribution in [2.75, 3.05) is 19.7 Å². The number of rotatable bonds is 7. The van der Waals surface area contributed by atoms with Crippen LogP contribution in [0.25, 0.3) is 0 Å². The summed E-state index contributed by atoms with van der Waals surface area (Å²) in [6.07, 6.45) is 3.62. The molecule has 0 aliphatic carbocycles. The number of piperidine rings is 1. The molecule has 2 rings (SSSR count). The van der Waals surface area contributed by atoms with Crippen molar-refractivity contribution in [3.63, 3.8) is 0 Å². The third-order valence-electron chi connectivity index (χ3n) is 5.08. The third kappa shape index (κ3) is 6.53. The van der Waals surface area contributed by atoms with Gasteiger partial charge in [-0.15, -0.1) is 0 Å². The van der Waals surface area contributed by atoms with Gasteiger partial charge in [-0.3, -0.25) is 4.79 Å². The molecule has 0 bridgehead atoms. The molecule has 1 fully saturated rings. The molecule has 1 atom stereocenters. The summed E-state index contributed by atoms with van der Waals surface area (Å²) in [6, 6.07) is 9.95. The van der Waals surface area contributed by atoms with Crippen molar-refractivity contribution < 1.29 is 14.3 Å². The Morgan fingerprint density at radius 1 is 1.28 bits per heavy atom. The average molecular weight is 399 g/mol. The molecule has 0 saturated carbocycles. The molecule has 0 spiro atoms. The smallest absolute Gasteiger partial charge is 0.409 e. The van der Waals surface area contributed by atoms with E-state index in [4.69, 9.17) is 4.74 Å². The summed E-state index contributed by atoms with van der Waals surface area (Å²) in [6.45, 7) is 7.31. The maximum atomic E-state index is 12.5. The number of aryl methyl sites for hydroxylation is 1. The molecule has 1 aromatic carbocycles. The molecule has 156 valence electrons. The van der Waals surface area contributed by atoms with Crippen LogP contribution in [0.4, 0.5) is 4.79 Å². The average Bonchev–Trinajstić information content (AvgIpc) is 2.74. The first kappa shape index (κ1) is 22.3. The van der Waals surface area contributed by atoms with Gasteiger partial charge < -0.3 is 20.3 Å². The minimum Gasteiger partial charge on any atom is -0.450 e. The summed E-state index contributed by atoms with van der Waals surface area (Å²) in [4.78, 5) is 25.9. The highest BCUT2D eigenvalue weighted by atomic mass is 16.6. The predicted octanol–water partition coefficient (Wildman–Crippen LogP) is 3.04. The van der Waals surface area contributed by atoms with E-state index in [1.807, 2.05) is 37.3 Å². The normalized spacial score (nSPS) is 15.9. The molecule has 2 amide bonds. The molecule has 1 aliphatic heterocycles. The zero-order chi connectivity index (χ0) is 21.2. The largest absolute Gasteiger partial charge is 0.450 e. The van der Waals surface area contributed by atoms with Gasteiger partial charge in [0, 0.05) is 25.3 Å². The van der Waals surface area contributed by atoms with E-state index in [2.05, 4.69) is 17.6 Å². The summed E-state index contributed by atoms with van der Waals surface area (Å²) >= 11 is 0. The highest BCUT2D eigenvalue weighted by Crippen LogP contribution is 2.15. The number of nitrogens with zero attached hydrogens (tertiary/aromatic N) is 2. The quantitative estimate of drug-likeness (QED) is 0.544. The van der Waals surface area contributed by atoms with Gasteiger partial charge in [0.2, 0.25) is 0 Å². The topological polar surface area (TPSA) is 94.5 Å². The van der Waals surface area contributed by atoms with Gasteiger partial charge >= 0.3 is 6.09 Å². The fourth-order valence-corrected chi connectivity index (χ4v) is 3.19. The highest BCUT2D eigenvalue weighted by Gasteiger charge is 2.23. The van der Waals surface area contributed by atoms with Crippen molar-refractivity contribution >= 4 is 12.0 Å². The van der Waals surface area contributed by atoms with Crippen molar-refractivity contribution in [3.05, 3.63) is 47.2 Å². The number of likely N-dealkylation sites (tertiary alicyclic amines) is 1. The summed E-state index contributed by atoms with van der Waals surface area (Å²) in [5, 5.41) is 15.4. The van der Waals surface area contributed by atoms with E-state index in [0.29, 0.717) is 19.7 Å². The maximum Gasteiger partial charge on any atom is 0.409 e. The van der Waals surface area contributed by atoms with Crippen molar-refractivity contribution in [2.24, 2.45) is 0 Å². The summed E-state index contributed by atoms with van der Waals surface area (Å²) in [5.74, 6) is -0.406. The molecule has 0 radical (unpaired) electrons. The van der Waals surface area contributed by atoms with Crippen LogP contribution in [0.15, 0.2) is 36.0 Å². The molecule has 2 N–H and O–H groups in total. The Kier molecular flexibility index (Phi) is 8.53. The van der Waals surface area contributed by atoms with Crippen LogP contribution in [0.3, 0.4) is 0 Å². The van der Waals surface area contributed by atoms with E-state index in [0.717, 1.165) is 24.8 Å². The molecule has 1 aliphatic rings. The zero-order valence-electron chi connectivity index (χ0n) is 17.4. The molecule has 1 saturated heterocycles. The van der Waals surface area contributed by atoms with Gasteiger partial charge in [0.1, 0.15) is 11.6 Å². The minimum absolute atomic E-state index is 0.0369. The molecule has 1 heterocycles. The van der Waals surface area contributed by atoms with Crippen molar-refractivity contribution in [1.82, 2.24) is 15.5 Å². The lowest BCUT2D eigenvalue weighted by Crippen LogP contribution is -2.44. The predicted molar refractivity (Wildman–Crippen MR) is 111 cm³/mol. The molecular formula is C22H30N4O3. The number of ether oxygens (including phenoxy) is 1. The van der Waals surface area contributed by atoms with Crippen LogP contribution in [0.1, 0.15) is 50.8 Å². The first-order valence-corrected chi connectivity index (χ1v) is 10.2. The van der Waals surface area contributed by atoms with Gasteiger partial charge in [-0.05, 0) is 44.2 Å². The fraction of sp³-hybridized carbons (Fsp3) is 0.500. The first-order valence-electron chi connectivity index (χ1n) is 10.2. The standard InChI is InChI=1S/C22H30N4O3/c1-4-17-6-8-18(9-7-17)16(3)25-21(27)19(14-23)15-24-20-10-12-26(13-11-20)22(28)29-5-2/h6-9,15-16,20,24H,4-5,10-13H2,1-3H3,(H,25,27)/b19-15-. The molecule has 29 heavy (non-hydrogen) atoms. The minimum atomic E-state index is -0.406. The lowest BCUT2D eigenvalue weighted by Gasteiger charge is -2.31. The van der Waals surface area contributed by atoms with Crippen LogP contribution < -0.4 is 10.6 Å². The van der Waals surface area contributed by atoms with Gasteiger partial charge in [-0.2, -0.15) is 5.26 Å². The second-order valence-corrected chi connectivity index (χ2v) is 7.09. The lowest BCUT2D eigenvalue weighted by molar-refractivity contribution is -0.117. The van der Waals surface area contributed by atoms with Crippen LogP contribution in [0.2, 0.25) is 0 Å². The van der Waals surface area contributed by atoms with Gasteiger partial charge in [0.25, 0.3) is 5.91 Å². The number of carbonyl (C=O) groups is 2. The molecular weight excluding hydrogens is 368 g/mol. The third-order valence-corrected chi connectivity index (χ3v) is 5.08. The Hall–Kier alpha value is -3.01. The van der Waals surface area contributed by atoms with Gasteiger partial charge in [0.05, 0.1) is 12.6 Å². The van der Waals surface area contributed by atoms with Crippen LogP contribution >= 0.6 is 0 Å². The number of amides is 2. The van der Waals surface area contributed by atoms with Crippen LogP contribution in [0.5, 0.6) is 0 Å². The lowest BCUT2D eigenvalue weighted by atomic mass is 10.0. The van der Waals surface area contributed by atoms with E-state index < -0.39 is 5.91 Å². The van der Waals surface area contributed by atoms with E-state index in [1.54, 1.807) is 11.8 Å². The Morgan fingerprint density at radius 3 is 2.48 bits per heavy atom. The first-order chi connectivity index (χ1) is 14.0. The monoisotopic (exact) mass is 398 g/mol. The van der Waals surface area contributed by atoms with Crippen LogP contribution in [-0.4, -0.2) is 42.6 Å². The maximum absolute atomic E-state index is 12.5. The molecule has 7 nitrogen and oxygen atoms in total. The van der Waals surface area contributed by atoms with Crippen LogP contribution in [0, 0.1) is 11.3 Å². The van der Waals surface area contributed by atoms with Gasteiger partial charge in [-0.25, -0.2) is 4.79 Å². The second kappa shape index (κ2) is 11.1. The Balaban J connectivity index is 1.86. The van der Waals surface area contributed by atoms with Gasteiger partial charge in [-0.1, -0.05) is 31.2 Å². The van der Waals surface area contributed by atoms with Gasteiger partial charge in [0.15, 0.2) is 0 Å². The van der Waals surface area contributed by atoms with Crippen molar-refractivity contribution in [2.45, 2.75) is 52.1 Å². The number of nitrogens with one attached hydrogen (secondary N) is 2. The summed E-state index contributed by atoms with van der Waals surface area (Å²) in [7, 11) is 0. The Bertz CT molecular complexity index is 759. The number of nitriles is 1. The number of carbonyl (C=O) groups excluding carboxylic acids is 2. The van der Waals surface area contributed by atoms with Crippen molar-refractivity contribution in [3.8, 4) is 6.07 Å². The van der Waals surface area contributed by atoms with E-state index in [-0.39, 0.29) is 23.8 Å². The Labute approximate surface area is 172 Å². The number of hydrogen-bond acceptors (Lipinski definition) is 5. The molecule has 1 unspecified atom stereocenters. The van der Waals surface area contributed by atoms with E-state index in [1.165, 1.54) is 11.8 Å². The summed E-state index contributed by atoms with van der Waals surface area (Å²) in [5.41, 5.74) is 2.27. The molecule has 1 aromatic rings. The van der Waals surface area contributed by atoms with Crippen molar-refractivity contribution in [1.29, 1.82) is 5.26 Å². The highest BCUT2D eigenvalue weighted by molar-refractivity contribution is 5.97.